The quantitative estimate of drug-likeness (QED) is 0.740. The highest BCUT2D eigenvalue weighted by molar-refractivity contribution is 5.69. The fourth-order valence-corrected chi connectivity index (χ4v) is 1.27. The Labute approximate surface area is 96.6 Å². The van der Waals surface area contributed by atoms with Crippen molar-refractivity contribution in [1.82, 2.24) is 9.78 Å². The molecule has 1 aromatic heterocycles. The van der Waals surface area contributed by atoms with E-state index in [0.717, 1.165) is 5.56 Å². The Bertz CT molecular complexity index is 361. The first-order chi connectivity index (χ1) is 7.28. The third-order valence-electron chi connectivity index (χ3n) is 2.03. The van der Waals surface area contributed by atoms with E-state index in [4.69, 9.17) is 4.74 Å². The Morgan fingerprint density at radius 3 is 2.56 bits per heavy atom. The van der Waals surface area contributed by atoms with Crippen LogP contribution in [0.25, 0.3) is 0 Å². The molecule has 0 aliphatic rings. The van der Waals surface area contributed by atoms with Crippen LogP contribution in [-0.4, -0.2) is 21.4 Å². The van der Waals surface area contributed by atoms with Crippen LogP contribution in [0.15, 0.2) is 12.4 Å². The summed E-state index contributed by atoms with van der Waals surface area (Å²) in [6.45, 7) is 9.92. The first kappa shape index (κ1) is 12.7. The first-order valence-corrected chi connectivity index (χ1v) is 5.52. The van der Waals surface area contributed by atoms with Gasteiger partial charge >= 0.3 is 5.97 Å². The number of ether oxygens (including phenoxy) is 1. The van der Waals surface area contributed by atoms with E-state index in [9.17, 15) is 4.79 Å². The normalized spacial score (nSPS) is 11.9. The lowest BCUT2D eigenvalue weighted by Crippen LogP contribution is -2.26. The molecule has 0 bridgehead atoms. The van der Waals surface area contributed by atoms with Gasteiger partial charge in [0.15, 0.2) is 0 Å². The van der Waals surface area contributed by atoms with Gasteiger partial charge in [0.1, 0.15) is 12.1 Å². The predicted octanol–water partition coefficient (Wildman–Crippen LogP) is 2.35. The van der Waals surface area contributed by atoms with Gasteiger partial charge in [-0.1, -0.05) is 13.8 Å². The highest BCUT2D eigenvalue weighted by atomic mass is 16.6. The van der Waals surface area contributed by atoms with E-state index in [-0.39, 0.29) is 12.5 Å². The summed E-state index contributed by atoms with van der Waals surface area (Å²) < 4.78 is 6.83. The van der Waals surface area contributed by atoms with Crippen LogP contribution in [0.2, 0.25) is 0 Å². The smallest absolute Gasteiger partial charge is 0.328 e. The maximum atomic E-state index is 11.5. The average Bonchev–Trinajstić information content (AvgIpc) is 2.48. The molecule has 1 heterocycles. The summed E-state index contributed by atoms with van der Waals surface area (Å²) in [5.74, 6) is 0.165. The number of nitrogens with zero attached hydrogens (tertiary/aromatic N) is 2. The summed E-state index contributed by atoms with van der Waals surface area (Å²) in [5, 5.41) is 4.12. The minimum atomic E-state index is -0.439. The molecule has 0 atom stereocenters. The number of hydrogen-bond acceptors (Lipinski definition) is 3. The second-order valence-electron chi connectivity index (χ2n) is 5.21. The summed E-state index contributed by atoms with van der Waals surface area (Å²) >= 11 is 0. The van der Waals surface area contributed by atoms with E-state index in [2.05, 4.69) is 18.9 Å². The molecule has 0 spiro atoms. The summed E-state index contributed by atoms with van der Waals surface area (Å²) in [4.78, 5) is 11.5. The van der Waals surface area contributed by atoms with Gasteiger partial charge < -0.3 is 4.74 Å². The molecule has 0 amide bonds. The molecule has 0 saturated carbocycles. The zero-order chi connectivity index (χ0) is 12.3. The van der Waals surface area contributed by atoms with E-state index >= 15 is 0 Å². The lowest BCUT2D eigenvalue weighted by Gasteiger charge is -2.19. The van der Waals surface area contributed by atoms with Gasteiger partial charge in [-0.25, -0.2) is 0 Å². The molecule has 0 N–H and O–H groups in total. The van der Waals surface area contributed by atoms with Crippen molar-refractivity contribution < 1.29 is 9.53 Å². The molecule has 0 saturated heterocycles. The Morgan fingerprint density at radius 1 is 1.50 bits per heavy atom. The van der Waals surface area contributed by atoms with Crippen molar-refractivity contribution in [2.75, 3.05) is 0 Å². The van der Waals surface area contributed by atoms with Crippen molar-refractivity contribution in [3.8, 4) is 0 Å². The van der Waals surface area contributed by atoms with Crippen molar-refractivity contribution in [3.63, 3.8) is 0 Å². The molecule has 0 aromatic carbocycles. The zero-order valence-electron chi connectivity index (χ0n) is 10.7. The number of esters is 1. The molecular formula is C12H20N2O2. The van der Waals surface area contributed by atoms with Crippen LogP contribution in [0.4, 0.5) is 0 Å². The van der Waals surface area contributed by atoms with Crippen LogP contribution >= 0.6 is 0 Å². The SMILES string of the molecule is CC(C)c1cnn(CC(=O)OC(C)(C)C)c1. The number of carbonyl (C=O) groups is 1. The summed E-state index contributed by atoms with van der Waals surface area (Å²) in [5.41, 5.74) is 0.689. The van der Waals surface area contributed by atoms with Crippen LogP contribution in [0.3, 0.4) is 0 Å². The topological polar surface area (TPSA) is 44.1 Å². The highest BCUT2D eigenvalue weighted by Gasteiger charge is 2.16. The average molecular weight is 224 g/mol. The van der Waals surface area contributed by atoms with E-state index in [0.29, 0.717) is 5.92 Å². The van der Waals surface area contributed by atoms with Gasteiger partial charge in [0, 0.05) is 6.20 Å². The maximum absolute atomic E-state index is 11.5. The van der Waals surface area contributed by atoms with Gasteiger partial charge in [0.2, 0.25) is 0 Å². The van der Waals surface area contributed by atoms with Gasteiger partial charge in [0.05, 0.1) is 6.20 Å². The fourth-order valence-electron chi connectivity index (χ4n) is 1.27. The van der Waals surface area contributed by atoms with Crippen molar-refractivity contribution in [2.24, 2.45) is 0 Å². The van der Waals surface area contributed by atoms with Gasteiger partial charge in [-0.2, -0.15) is 5.10 Å². The second-order valence-corrected chi connectivity index (χ2v) is 5.21. The van der Waals surface area contributed by atoms with Gasteiger partial charge in [-0.05, 0) is 32.3 Å². The van der Waals surface area contributed by atoms with Gasteiger partial charge in [0.25, 0.3) is 0 Å². The molecular weight excluding hydrogens is 204 g/mol. The molecule has 4 heteroatoms. The van der Waals surface area contributed by atoms with Crippen LogP contribution in [0.5, 0.6) is 0 Å². The molecule has 4 nitrogen and oxygen atoms in total. The molecule has 0 unspecified atom stereocenters. The van der Waals surface area contributed by atoms with Crippen molar-refractivity contribution in [2.45, 2.75) is 52.7 Å². The standard InChI is InChI=1S/C12H20N2O2/c1-9(2)10-6-13-14(7-10)8-11(15)16-12(3,4)5/h6-7,9H,8H2,1-5H3. The van der Waals surface area contributed by atoms with E-state index in [1.165, 1.54) is 0 Å². The predicted molar refractivity (Wildman–Crippen MR) is 62.2 cm³/mol. The van der Waals surface area contributed by atoms with Crippen molar-refractivity contribution >= 4 is 5.97 Å². The Morgan fingerprint density at radius 2 is 2.12 bits per heavy atom. The minimum Gasteiger partial charge on any atom is -0.459 e. The summed E-state index contributed by atoms with van der Waals surface area (Å²) in [6.07, 6.45) is 3.67. The third kappa shape index (κ3) is 4.04. The number of hydrogen-bond donors (Lipinski definition) is 0. The number of rotatable bonds is 3. The highest BCUT2D eigenvalue weighted by Crippen LogP contribution is 2.13. The van der Waals surface area contributed by atoms with Crippen LogP contribution < -0.4 is 0 Å². The third-order valence-corrected chi connectivity index (χ3v) is 2.03. The molecule has 16 heavy (non-hydrogen) atoms. The molecule has 0 aliphatic carbocycles. The lowest BCUT2D eigenvalue weighted by molar-refractivity contribution is -0.155. The molecule has 0 aliphatic heterocycles. The van der Waals surface area contributed by atoms with E-state index in [1.54, 1.807) is 10.9 Å². The monoisotopic (exact) mass is 224 g/mol. The van der Waals surface area contributed by atoms with E-state index in [1.807, 2.05) is 27.0 Å². The Kier molecular flexibility index (Phi) is 3.73. The summed E-state index contributed by atoms with van der Waals surface area (Å²) in [7, 11) is 0. The lowest BCUT2D eigenvalue weighted by atomic mass is 10.1. The van der Waals surface area contributed by atoms with E-state index < -0.39 is 5.60 Å². The molecule has 90 valence electrons. The Hall–Kier alpha value is -1.32. The summed E-state index contributed by atoms with van der Waals surface area (Å²) in [6, 6.07) is 0. The second kappa shape index (κ2) is 4.68. The maximum Gasteiger partial charge on any atom is 0.328 e. The largest absolute Gasteiger partial charge is 0.459 e. The molecule has 0 radical (unpaired) electrons. The van der Waals surface area contributed by atoms with Gasteiger partial charge in [-0.3, -0.25) is 9.48 Å². The Balaban J connectivity index is 2.57. The van der Waals surface area contributed by atoms with Crippen LogP contribution in [0, 0.1) is 0 Å². The zero-order valence-corrected chi connectivity index (χ0v) is 10.7. The van der Waals surface area contributed by atoms with Crippen molar-refractivity contribution in [1.29, 1.82) is 0 Å². The number of carbonyl (C=O) groups excluding carboxylic acids is 1. The van der Waals surface area contributed by atoms with Crippen LogP contribution in [-0.2, 0) is 16.1 Å². The minimum absolute atomic E-state index is 0.171. The number of aromatic nitrogens is 2. The fraction of sp³-hybridized carbons (Fsp3) is 0.667. The van der Waals surface area contributed by atoms with Gasteiger partial charge in [-0.15, -0.1) is 0 Å². The molecule has 1 rings (SSSR count). The first-order valence-electron chi connectivity index (χ1n) is 5.52. The molecule has 0 fully saturated rings. The van der Waals surface area contributed by atoms with Crippen molar-refractivity contribution in [3.05, 3.63) is 18.0 Å². The van der Waals surface area contributed by atoms with Crippen LogP contribution in [0.1, 0.15) is 46.1 Å². The molecule has 1 aromatic rings.